The maximum absolute atomic E-state index is 11.7. The van der Waals surface area contributed by atoms with E-state index in [0.717, 1.165) is 19.0 Å². The first kappa shape index (κ1) is 12.2. The standard InChI is InChI=1S/C9H14N4O3/c1-3-4-5-10-9(14)8-7(13(15)16)6-11-12(8)2/h6H,3-5H2,1-2H3,(H,10,14). The Hall–Kier alpha value is -1.92. The van der Waals surface area contributed by atoms with Crippen molar-refractivity contribution < 1.29 is 9.72 Å². The molecule has 0 unspecified atom stereocenters. The quantitative estimate of drug-likeness (QED) is 0.458. The normalized spacial score (nSPS) is 10.1. The summed E-state index contributed by atoms with van der Waals surface area (Å²) in [4.78, 5) is 21.7. The Bertz CT molecular complexity index is 399. The van der Waals surface area contributed by atoms with Crippen molar-refractivity contribution in [2.45, 2.75) is 19.8 Å². The number of nitrogens with one attached hydrogen (secondary N) is 1. The number of carbonyl (C=O) groups is 1. The molecule has 0 aliphatic carbocycles. The Morgan fingerprint density at radius 3 is 2.94 bits per heavy atom. The van der Waals surface area contributed by atoms with Gasteiger partial charge in [-0.3, -0.25) is 19.6 Å². The second-order valence-electron chi connectivity index (χ2n) is 3.37. The van der Waals surface area contributed by atoms with Crippen molar-refractivity contribution in [3.63, 3.8) is 0 Å². The average molecular weight is 226 g/mol. The van der Waals surface area contributed by atoms with Crippen LogP contribution in [0, 0.1) is 10.1 Å². The van der Waals surface area contributed by atoms with E-state index in [1.165, 1.54) is 11.7 Å². The molecule has 0 fully saturated rings. The second kappa shape index (κ2) is 5.24. The molecule has 16 heavy (non-hydrogen) atoms. The van der Waals surface area contributed by atoms with E-state index in [9.17, 15) is 14.9 Å². The Balaban J connectivity index is 2.81. The van der Waals surface area contributed by atoms with Gasteiger partial charge in [-0.25, -0.2) is 0 Å². The van der Waals surface area contributed by atoms with Gasteiger partial charge >= 0.3 is 5.69 Å². The Morgan fingerprint density at radius 1 is 1.69 bits per heavy atom. The minimum Gasteiger partial charge on any atom is -0.350 e. The zero-order valence-corrected chi connectivity index (χ0v) is 9.27. The molecule has 1 amide bonds. The molecule has 0 saturated carbocycles. The largest absolute Gasteiger partial charge is 0.350 e. The summed E-state index contributed by atoms with van der Waals surface area (Å²) in [6.07, 6.45) is 2.87. The molecule has 1 heterocycles. The van der Waals surface area contributed by atoms with Gasteiger partial charge in [-0.15, -0.1) is 0 Å². The van der Waals surface area contributed by atoms with E-state index < -0.39 is 10.8 Å². The highest BCUT2D eigenvalue weighted by atomic mass is 16.6. The van der Waals surface area contributed by atoms with Crippen LogP contribution in [0.1, 0.15) is 30.3 Å². The fourth-order valence-electron chi connectivity index (χ4n) is 1.29. The first-order valence-corrected chi connectivity index (χ1v) is 5.02. The van der Waals surface area contributed by atoms with Gasteiger partial charge < -0.3 is 5.32 Å². The van der Waals surface area contributed by atoms with Crippen LogP contribution >= 0.6 is 0 Å². The number of unbranched alkanes of at least 4 members (excludes halogenated alkanes) is 1. The molecule has 0 saturated heterocycles. The first-order valence-electron chi connectivity index (χ1n) is 5.02. The maximum Gasteiger partial charge on any atom is 0.320 e. The molecule has 1 aromatic rings. The molecular weight excluding hydrogens is 212 g/mol. The SMILES string of the molecule is CCCCNC(=O)c1c([N+](=O)[O-])cnn1C. The lowest BCUT2D eigenvalue weighted by molar-refractivity contribution is -0.385. The van der Waals surface area contributed by atoms with Gasteiger partial charge in [-0.2, -0.15) is 5.10 Å². The summed E-state index contributed by atoms with van der Waals surface area (Å²) in [7, 11) is 1.50. The monoisotopic (exact) mass is 226 g/mol. The zero-order chi connectivity index (χ0) is 12.1. The van der Waals surface area contributed by atoms with E-state index in [-0.39, 0.29) is 11.4 Å². The van der Waals surface area contributed by atoms with Gasteiger partial charge in [-0.1, -0.05) is 13.3 Å². The van der Waals surface area contributed by atoms with E-state index in [0.29, 0.717) is 6.54 Å². The third-order valence-electron chi connectivity index (χ3n) is 2.15. The van der Waals surface area contributed by atoms with Crippen LogP contribution in [0.25, 0.3) is 0 Å². The third kappa shape index (κ3) is 2.56. The summed E-state index contributed by atoms with van der Waals surface area (Å²) in [6.45, 7) is 2.51. The highest BCUT2D eigenvalue weighted by Gasteiger charge is 2.24. The fourth-order valence-corrected chi connectivity index (χ4v) is 1.29. The number of nitro groups is 1. The van der Waals surface area contributed by atoms with Crippen LogP contribution in [0.2, 0.25) is 0 Å². The van der Waals surface area contributed by atoms with Crippen molar-refractivity contribution in [2.75, 3.05) is 6.54 Å². The van der Waals surface area contributed by atoms with E-state index in [2.05, 4.69) is 10.4 Å². The fraction of sp³-hybridized carbons (Fsp3) is 0.556. The van der Waals surface area contributed by atoms with Gasteiger partial charge in [0.15, 0.2) is 0 Å². The topological polar surface area (TPSA) is 90.1 Å². The van der Waals surface area contributed by atoms with E-state index in [1.807, 2.05) is 6.92 Å². The second-order valence-corrected chi connectivity index (χ2v) is 3.37. The van der Waals surface area contributed by atoms with Gasteiger partial charge in [0.25, 0.3) is 5.91 Å². The van der Waals surface area contributed by atoms with Gasteiger partial charge in [-0.05, 0) is 6.42 Å². The number of carbonyl (C=O) groups excluding carboxylic acids is 1. The highest BCUT2D eigenvalue weighted by Crippen LogP contribution is 2.16. The number of nitrogens with zero attached hydrogens (tertiary/aromatic N) is 3. The van der Waals surface area contributed by atoms with Crippen molar-refractivity contribution in [1.82, 2.24) is 15.1 Å². The predicted molar refractivity (Wildman–Crippen MR) is 57.1 cm³/mol. The molecule has 1 rings (SSSR count). The highest BCUT2D eigenvalue weighted by molar-refractivity contribution is 5.96. The van der Waals surface area contributed by atoms with Gasteiger partial charge in [0.1, 0.15) is 6.20 Å². The molecule has 0 atom stereocenters. The number of rotatable bonds is 5. The first-order chi connectivity index (χ1) is 7.57. The van der Waals surface area contributed by atoms with Crippen LogP contribution in [0.3, 0.4) is 0 Å². The molecule has 0 aromatic carbocycles. The number of hydrogen-bond acceptors (Lipinski definition) is 4. The lowest BCUT2D eigenvalue weighted by atomic mass is 10.3. The van der Waals surface area contributed by atoms with Crippen molar-refractivity contribution in [1.29, 1.82) is 0 Å². The van der Waals surface area contributed by atoms with Crippen LogP contribution in [-0.4, -0.2) is 27.2 Å². The van der Waals surface area contributed by atoms with Gasteiger partial charge in [0.2, 0.25) is 5.69 Å². The van der Waals surface area contributed by atoms with Crippen LogP contribution in [-0.2, 0) is 7.05 Å². The molecule has 1 N–H and O–H groups in total. The average Bonchev–Trinajstić information content (AvgIpc) is 2.60. The van der Waals surface area contributed by atoms with Crippen molar-refractivity contribution in [3.8, 4) is 0 Å². The molecule has 0 aliphatic heterocycles. The number of aromatic nitrogens is 2. The van der Waals surface area contributed by atoms with Crippen molar-refractivity contribution in [3.05, 3.63) is 22.0 Å². The molecule has 0 radical (unpaired) electrons. The molecular formula is C9H14N4O3. The van der Waals surface area contributed by atoms with Crippen LogP contribution < -0.4 is 5.32 Å². The smallest absolute Gasteiger partial charge is 0.320 e. The molecule has 0 bridgehead atoms. The van der Waals surface area contributed by atoms with Crippen molar-refractivity contribution >= 4 is 11.6 Å². The molecule has 1 aromatic heterocycles. The minimum absolute atomic E-state index is 0.0129. The molecule has 7 heteroatoms. The summed E-state index contributed by atoms with van der Waals surface area (Å²) in [6, 6.07) is 0. The lowest BCUT2D eigenvalue weighted by Gasteiger charge is -2.03. The maximum atomic E-state index is 11.7. The Kier molecular flexibility index (Phi) is 3.98. The number of hydrogen-bond donors (Lipinski definition) is 1. The van der Waals surface area contributed by atoms with Crippen LogP contribution in [0.4, 0.5) is 5.69 Å². The number of amides is 1. The lowest BCUT2D eigenvalue weighted by Crippen LogP contribution is -2.27. The molecule has 0 aliphatic rings. The summed E-state index contributed by atoms with van der Waals surface area (Å²) >= 11 is 0. The minimum atomic E-state index is -0.609. The summed E-state index contributed by atoms with van der Waals surface area (Å²) < 4.78 is 1.21. The van der Waals surface area contributed by atoms with Crippen molar-refractivity contribution in [2.24, 2.45) is 7.05 Å². The molecule has 7 nitrogen and oxygen atoms in total. The van der Waals surface area contributed by atoms with E-state index in [4.69, 9.17) is 0 Å². The molecule has 88 valence electrons. The van der Waals surface area contributed by atoms with Crippen LogP contribution in [0.5, 0.6) is 0 Å². The zero-order valence-electron chi connectivity index (χ0n) is 9.27. The predicted octanol–water partition coefficient (Wildman–Crippen LogP) is 0.858. The summed E-state index contributed by atoms with van der Waals surface area (Å²) in [5, 5.41) is 17.0. The number of aryl methyl sites for hydroxylation is 1. The summed E-state index contributed by atoms with van der Waals surface area (Å²) in [5.41, 5.74) is -0.280. The van der Waals surface area contributed by atoms with E-state index in [1.54, 1.807) is 0 Å². The Labute approximate surface area is 92.6 Å². The molecule has 0 spiro atoms. The van der Waals surface area contributed by atoms with Gasteiger partial charge in [0.05, 0.1) is 4.92 Å². The summed E-state index contributed by atoms with van der Waals surface area (Å²) in [5.74, 6) is -0.458. The third-order valence-corrected chi connectivity index (χ3v) is 2.15. The Morgan fingerprint density at radius 2 is 2.38 bits per heavy atom. The van der Waals surface area contributed by atoms with Crippen LogP contribution in [0.15, 0.2) is 6.20 Å². The van der Waals surface area contributed by atoms with Gasteiger partial charge in [0, 0.05) is 13.6 Å². The van der Waals surface area contributed by atoms with E-state index >= 15 is 0 Å².